The average molecular weight is 1160 g/mol. The molecular formula is C77H142O6. The predicted molar refractivity (Wildman–Crippen MR) is 362 cm³/mol. The van der Waals surface area contributed by atoms with Crippen molar-refractivity contribution in [2.45, 2.75) is 412 Å². The molecule has 6 heteroatoms. The number of carbonyl (C=O) groups excluding carboxylic acids is 3. The van der Waals surface area contributed by atoms with Crippen LogP contribution in [0.5, 0.6) is 0 Å². The van der Waals surface area contributed by atoms with Crippen molar-refractivity contribution in [1.82, 2.24) is 0 Å². The van der Waals surface area contributed by atoms with E-state index < -0.39 is 6.10 Å². The molecule has 0 aromatic rings. The summed E-state index contributed by atoms with van der Waals surface area (Å²) in [5.74, 6) is -0.877. The number of hydrogen-bond acceptors (Lipinski definition) is 6. The molecule has 0 N–H and O–H groups in total. The van der Waals surface area contributed by atoms with E-state index in [4.69, 9.17) is 14.2 Å². The van der Waals surface area contributed by atoms with Gasteiger partial charge in [-0.15, -0.1) is 0 Å². The van der Waals surface area contributed by atoms with Crippen LogP contribution in [0.2, 0.25) is 0 Å². The van der Waals surface area contributed by atoms with Gasteiger partial charge in [-0.1, -0.05) is 378 Å². The minimum Gasteiger partial charge on any atom is -0.462 e. The molecule has 0 aliphatic heterocycles. The van der Waals surface area contributed by atoms with Gasteiger partial charge < -0.3 is 14.2 Å². The Labute approximate surface area is 518 Å². The first-order chi connectivity index (χ1) is 41.0. The smallest absolute Gasteiger partial charge is 0.306 e. The first-order valence-corrected chi connectivity index (χ1v) is 37.1. The molecule has 0 aromatic heterocycles. The Bertz CT molecular complexity index is 1430. The minimum atomic E-state index is -0.784. The van der Waals surface area contributed by atoms with E-state index in [-0.39, 0.29) is 31.1 Å². The molecule has 0 spiro atoms. The maximum atomic E-state index is 12.9. The van der Waals surface area contributed by atoms with Crippen molar-refractivity contribution in [3.63, 3.8) is 0 Å². The van der Waals surface area contributed by atoms with E-state index >= 15 is 0 Å². The van der Waals surface area contributed by atoms with Crippen LogP contribution in [0.15, 0.2) is 48.6 Å². The van der Waals surface area contributed by atoms with Crippen molar-refractivity contribution in [2.75, 3.05) is 13.2 Å². The molecule has 83 heavy (non-hydrogen) atoms. The van der Waals surface area contributed by atoms with E-state index in [1.54, 1.807) is 0 Å². The SMILES string of the molecule is CC/C=C\C/C=C\C/C=C\C/C=C\CCCCCCC(=O)OC(COC(=O)CCCCCCCCCCCCCCC)COC(=O)CCCCCCCCCCCCCCCCCCCCCCCCCCCCCCCCCCCCC. The molecule has 1 atom stereocenters. The number of rotatable bonds is 69. The van der Waals surface area contributed by atoms with Crippen molar-refractivity contribution in [3.8, 4) is 0 Å². The van der Waals surface area contributed by atoms with Crippen LogP contribution >= 0.6 is 0 Å². The van der Waals surface area contributed by atoms with Crippen molar-refractivity contribution in [1.29, 1.82) is 0 Å². The van der Waals surface area contributed by atoms with Gasteiger partial charge in [0.05, 0.1) is 0 Å². The fraction of sp³-hybridized carbons (Fsp3) is 0.857. The summed E-state index contributed by atoms with van der Waals surface area (Å²) in [4.78, 5) is 38.4. The molecule has 0 fully saturated rings. The Morgan fingerprint density at radius 1 is 0.253 bits per heavy atom. The molecule has 0 aliphatic rings. The lowest BCUT2D eigenvalue weighted by molar-refractivity contribution is -0.167. The molecular weight excluding hydrogens is 1020 g/mol. The highest BCUT2D eigenvalue weighted by molar-refractivity contribution is 5.71. The Hall–Kier alpha value is -2.63. The number of carbonyl (C=O) groups is 3. The summed E-state index contributed by atoms with van der Waals surface area (Å²) in [5, 5.41) is 0. The van der Waals surface area contributed by atoms with Crippen LogP contribution < -0.4 is 0 Å². The summed E-state index contributed by atoms with van der Waals surface area (Å²) >= 11 is 0. The molecule has 0 aromatic carbocycles. The van der Waals surface area contributed by atoms with Gasteiger partial charge in [-0.05, 0) is 57.8 Å². The Morgan fingerprint density at radius 3 is 0.735 bits per heavy atom. The van der Waals surface area contributed by atoms with Crippen LogP contribution in [0, 0.1) is 0 Å². The molecule has 6 nitrogen and oxygen atoms in total. The van der Waals surface area contributed by atoms with Crippen molar-refractivity contribution >= 4 is 17.9 Å². The normalized spacial score (nSPS) is 12.3. The van der Waals surface area contributed by atoms with E-state index in [9.17, 15) is 14.4 Å². The zero-order valence-electron chi connectivity index (χ0n) is 56.0. The standard InChI is InChI=1S/C77H142O6/c1-4-7-10-13-16-19-22-25-27-29-30-31-32-33-34-35-36-37-38-39-40-41-42-43-44-45-46-48-49-52-55-58-61-64-67-70-76(79)82-73-74(72-81-75(78)69-66-63-60-57-54-51-24-21-18-15-12-9-6-3)83-77(80)71-68-65-62-59-56-53-50-47-28-26-23-20-17-14-11-8-5-2/h8,11,17,20,26,28,50,53,74H,4-7,9-10,12-16,18-19,21-25,27,29-49,51-52,54-73H2,1-3H3/b11-8-,20-17-,28-26-,53-50-. The third kappa shape index (κ3) is 70.0. The van der Waals surface area contributed by atoms with Gasteiger partial charge in [0.25, 0.3) is 0 Å². The van der Waals surface area contributed by atoms with Gasteiger partial charge in [0.15, 0.2) is 6.10 Å². The molecule has 1 unspecified atom stereocenters. The second kappa shape index (κ2) is 71.8. The third-order valence-corrected chi connectivity index (χ3v) is 16.8. The molecule has 0 bridgehead atoms. The second-order valence-corrected chi connectivity index (χ2v) is 25.2. The van der Waals surface area contributed by atoms with Gasteiger partial charge in [0.2, 0.25) is 0 Å². The van der Waals surface area contributed by atoms with Crippen LogP contribution in [0.4, 0.5) is 0 Å². The van der Waals surface area contributed by atoms with Gasteiger partial charge in [0, 0.05) is 19.3 Å². The lowest BCUT2D eigenvalue weighted by Gasteiger charge is -2.18. The maximum Gasteiger partial charge on any atom is 0.306 e. The van der Waals surface area contributed by atoms with Crippen LogP contribution in [-0.4, -0.2) is 37.2 Å². The number of hydrogen-bond donors (Lipinski definition) is 0. The zero-order chi connectivity index (χ0) is 59.9. The summed E-state index contributed by atoms with van der Waals surface area (Å²) in [5.41, 5.74) is 0. The van der Waals surface area contributed by atoms with Crippen LogP contribution in [0.25, 0.3) is 0 Å². The highest BCUT2D eigenvalue weighted by Crippen LogP contribution is 2.19. The van der Waals surface area contributed by atoms with E-state index in [1.807, 2.05) is 0 Å². The molecule has 0 amide bonds. The van der Waals surface area contributed by atoms with Gasteiger partial charge in [-0.2, -0.15) is 0 Å². The van der Waals surface area contributed by atoms with E-state index in [2.05, 4.69) is 69.4 Å². The number of ether oxygens (including phenoxy) is 3. The van der Waals surface area contributed by atoms with Gasteiger partial charge in [-0.25, -0.2) is 0 Å². The van der Waals surface area contributed by atoms with E-state index in [1.165, 1.54) is 270 Å². The molecule has 0 radical (unpaired) electrons. The first kappa shape index (κ1) is 80.4. The summed E-state index contributed by atoms with van der Waals surface area (Å²) in [6.07, 6.45) is 91.8. The third-order valence-electron chi connectivity index (χ3n) is 16.8. The average Bonchev–Trinajstić information content (AvgIpc) is 3.49. The number of esters is 3. The van der Waals surface area contributed by atoms with Crippen LogP contribution in [-0.2, 0) is 28.6 Å². The molecule has 486 valence electrons. The van der Waals surface area contributed by atoms with Crippen molar-refractivity contribution in [2.24, 2.45) is 0 Å². The zero-order valence-corrected chi connectivity index (χ0v) is 56.0. The number of unbranched alkanes of at least 4 members (excludes halogenated alkanes) is 50. The topological polar surface area (TPSA) is 78.9 Å². The van der Waals surface area contributed by atoms with E-state index in [0.717, 1.165) is 96.3 Å². The fourth-order valence-corrected chi connectivity index (χ4v) is 11.3. The maximum absolute atomic E-state index is 12.9. The molecule has 0 rings (SSSR count). The van der Waals surface area contributed by atoms with Crippen molar-refractivity contribution in [3.05, 3.63) is 48.6 Å². The van der Waals surface area contributed by atoms with Gasteiger partial charge >= 0.3 is 17.9 Å². The van der Waals surface area contributed by atoms with E-state index in [0.29, 0.717) is 19.3 Å². The lowest BCUT2D eigenvalue weighted by atomic mass is 10.0. The quantitative estimate of drug-likeness (QED) is 0.0261. The summed E-state index contributed by atoms with van der Waals surface area (Å²) in [6.45, 7) is 6.57. The highest BCUT2D eigenvalue weighted by atomic mass is 16.6. The summed E-state index contributed by atoms with van der Waals surface area (Å²) < 4.78 is 17.0. The number of allylic oxidation sites excluding steroid dienone is 8. The first-order valence-electron chi connectivity index (χ1n) is 37.1. The Kier molecular flexibility index (Phi) is 69.6. The minimum absolute atomic E-state index is 0.0782. The molecule has 0 saturated heterocycles. The monoisotopic (exact) mass is 1160 g/mol. The molecule has 0 aliphatic carbocycles. The largest absolute Gasteiger partial charge is 0.462 e. The molecule has 0 heterocycles. The fourth-order valence-electron chi connectivity index (χ4n) is 11.3. The Morgan fingerprint density at radius 2 is 0.470 bits per heavy atom. The summed E-state index contributed by atoms with van der Waals surface area (Å²) in [6, 6.07) is 0. The van der Waals surface area contributed by atoms with Gasteiger partial charge in [0.1, 0.15) is 13.2 Å². The predicted octanol–water partition coefficient (Wildman–Crippen LogP) is 25.7. The van der Waals surface area contributed by atoms with Crippen LogP contribution in [0.1, 0.15) is 406 Å². The lowest BCUT2D eigenvalue weighted by Crippen LogP contribution is -2.30. The summed E-state index contributed by atoms with van der Waals surface area (Å²) in [7, 11) is 0. The highest BCUT2D eigenvalue weighted by Gasteiger charge is 2.19. The van der Waals surface area contributed by atoms with Gasteiger partial charge in [-0.3, -0.25) is 14.4 Å². The molecule has 0 saturated carbocycles. The second-order valence-electron chi connectivity index (χ2n) is 25.2. The van der Waals surface area contributed by atoms with Crippen molar-refractivity contribution < 1.29 is 28.6 Å². The Balaban J connectivity index is 4.08. The van der Waals surface area contributed by atoms with Crippen LogP contribution in [0.3, 0.4) is 0 Å².